The van der Waals surface area contributed by atoms with Gasteiger partial charge >= 0.3 is 12.6 Å². The van der Waals surface area contributed by atoms with Crippen molar-refractivity contribution in [1.82, 2.24) is 5.48 Å². The summed E-state index contributed by atoms with van der Waals surface area (Å²) in [6.45, 7) is -3.05. The van der Waals surface area contributed by atoms with Crippen LogP contribution in [0.15, 0.2) is 30.3 Å². The van der Waals surface area contributed by atoms with Gasteiger partial charge < -0.3 is 9.57 Å². The molecule has 0 saturated heterocycles. The molecule has 0 spiro atoms. The molecule has 4 nitrogen and oxygen atoms in total. The van der Waals surface area contributed by atoms with Crippen molar-refractivity contribution < 1.29 is 23.1 Å². The second-order valence-corrected chi connectivity index (χ2v) is 2.78. The minimum atomic E-state index is -2.81. The van der Waals surface area contributed by atoms with Crippen LogP contribution in [-0.2, 0) is 9.57 Å². The van der Waals surface area contributed by atoms with Crippen molar-refractivity contribution in [3.63, 3.8) is 0 Å². The molecule has 0 heterocycles. The number of hydrogen-bond donors (Lipinski definition) is 1. The molecular formula is C10H11F2NO3. The van der Waals surface area contributed by atoms with Crippen LogP contribution < -0.4 is 5.48 Å². The van der Waals surface area contributed by atoms with Crippen molar-refractivity contribution >= 4 is 5.97 Å². The van der Waals surface area contributed by atoms with Crippen LogP contribution >= 0.6 is 0 Å². The minimum Gasteiger partial charge on any atom is -0.367 e. The van der Waals surface area contributed by atoms with Crippen LogP contribution in [0.25, 0.3) is 0 Å². The van der Waals surface area contributed by atoms with Crippen LogP contribution in [0.1, 0.15) is 10.4 Å². The Hall–Kier alpha value is -1.53. The standard InChI is InChI=1S/C10H11F2NO3/c11-10(12)15-7-6-13-16-9(14)8-4-2-1-3-5-8/h1-5,10,13H,6-7H2. The first-order chi connectivity index (χ1) is 7.70. The minimum absolute atomic E-state index is 0.00289. The van der Waals surface area contributed by atoms with Gasteiger partial charge in [-0.25, -0.2) is 4.79 Å². The highest BCUT2D eigenvalue weighted by Crippen LogP contribution is 1.99. The number of benzene rings is 1. The summed E-state index contributed by atoms with van der Waals surface area (Å²) < 4.78 is 27.0. The fraction of sp³-hybridized carbons (Fsp3) is 0.300. The first kappa shape index (κ1) is 12.5. The second-order valence-electron chi connectivity index (χ2n) is 2.78. The highest BCUT2D eigenvalue weighted by Gasteiger charge is 2.06. The number of ether oxygens (including phenoxy) is 1. The summed E-state index contributed by atoms with van der Waals surface area (Å²) in [6, 6.07) is 8.31. The number of carbonyl (C=O) groups excluding carboxylic acids is 1. The molecule has 16 heavy (non-hydrogen) atoms. The van der Waals surface area contributed by atoms with Crippen molar-refractivity contribution in [1.29, 1.82) is 0 Å². The molecule has 0 radical (unpaired) electrons. The van der Waals surface area contributed by atoms with E-state index in [0.29, 0.717) is 5.56 Å². The zero-order valence-corrected chi connectivity index (χ0v) is 8.36. The first-order valence-electron chi connectivity index (χ1n) is 4.59. The third-order valence-corrected chi connectivity index (χ3v) is 1.62. The molecule has 0 bridgehead atoms. The number of alkyl halides is 2. The first-order valence-corrected chi connectivity index (χ1v) is 4.59. The Morgan fingerprint density at radius 3 is 2.62 bits per heavy atom. The smallest absolute Gasteiger partial charge is 0.356 e. The SMILES string of the molecule is O=C(ONCCOC(F)F)c1ccccc1. The average molecular weight is 231 g/mol. The number of rotatable bonds is 6. The predicted octanol–water partition coefficient (Wildman–Crippen LogP) is 1.59. The molecule has 6 heteroatoms. The van der Waals surface area contributed by atoms with Crippen LogP contribution in [0.2, 0.25) is 0 Å². The van der Waals surface area contributed by atoms with Gasteiger partial charge in [0.1, 0.15) is 0 Å². The summed E-state index contributed by atoms with van der Waals surface area (Å²) in [5.41, 5.74) is 2.61. The quantitative estimate of drug-likeness (QED) is 0.596. The van der Waals surface area contributed by atoms with E-state index in [4.69, 9.17) is 0 Å². The van der Waals surface area contributed by atoms with Crippen LogP contribution in [0, 0.1) is 0 Å². The highest BCUT2D eigenvalue weighted by atomic mass is 19.3. The monoisotopic (exact) mass is 231 g/mol. The lowest BCUT2D eigenvalue weighted by Gasteiger charge is -2.05. The zero-order valence-electron chi connectivity index (χ0n) is 8.36. The van der Waals surface area contributed by atoms with Gasteiger partial charge in [-0.3, -0.25) is 0 Å². The third-order valence-electron chi connectivity index (χ3n) is 1.62. The maximum atomic E-state index is 11.5. The number of nitrogens with one attached hydrogen (secondary N) is 1. The van der Waals surface area contributed by atoms with Gasteiger partial charge in [-0.1, -0.05) is 18.2 Å². The van der Waals surface area contributed by atoms with Crippen molar-refractivity contribution in [2.75, 3.05) is 13.2 Å². The Morgan fingerprint density at radius 1 is 1.31 bits per heavy atom. The van der Waals surface area contributed by atoms with Crippen molar-refractivity contribution in [3.8, 4) is 0 Å². The summed E-state index contributed by atoms with van der Waals surface area (Å²) >= 11 is 0. The Morgan fingerprint density at radius 2 is 2.00 bits per heavy atom. The second kappa shape index (κ2) is 6.86. The van der Waals surface area contributed by atoms with E-state index < -0.39 is 12.6 Å². The van der Waals surface area contributed by atoms with Gasteiger partial charge in [-0.2, -0.15) is 14.3 Å². The van der Waals surface area contributed by atoms with E-state index in [-0.39, 0.29) is 13.2 Å². The van der Waals surface area contributed by atoms with Crippen LogP contribution in [0.4, 0.5) is 8.78 Å². The lowest BCUT2D eigenvalue weighted by Crippen LogP contribution is -2.24. The summed E-state index contributed by atoms with van der Waals surface area (Å²) in [5, 5.41) is 0. The van der Waals surface area contributed by atoms with Gasteiger partial charge in [0, 0.05) is 0 Å². The fourth-order valence-electron chi connectivity index (χ4n) is 0.939. The molecule has 1 rings (SSSR count). The summed E-state index contributed by atoms with van der Waals surface area (Å²) in [7, 11) is 0. The summed E-state index contributed by atoms with van der Waals surface area (Å²) in [6.07, 6.45) is 0. The van der Waals surface area contributed by atoms with Crippen molar-refractivity contribution in [3.05, 3.63) is 35.9 Å². The lowest BCUT2D eigenvalue weighted by molar-refractivity contribution is -0.130. The Labute approximate surface area is 91.1 Å². The van der Waals surface area contributed by atoms with E-state index in [1.54, 1.807) is 30.3 Å². The summed E-state index contributed by atoms with van der Waals surface area (Å²) in [5.74, 6) is -0.572. The predicted molar refractivity (Wildman–Crippen MR) is 51.8 cm³/mol. The molecule has 0 aliphatic carbocycles. The molecule has 1 N–H and O–H groups in total. The van der Waals surface area contributed by atoms with Gasteiger partial charge in [0.15, 0.2) is 0 Å². The van der Waals surface area contributed by atoms with E-state index >= 15 is 0 Å². The molecule has 0 aliphatic heterocycles. The number of halogens is 2. The van der Waals surface area contributed by atoms with Gasteiger partial charge in [0.2, 0.25) is 0 Å². The van der Waals surface area contributed by atoms with Gasteiger partial charge in [0.25, 0.3) is 0 Å². The highest BCUT2D eigenvalue weighted by molar-refractivity contribution is 5.89. The molecule has 0 atom stereocenters. The van der Waals surface area contributed by atoms with Crippen LogP contribution in [-0.4, -0.2) is 25.7 Å². The Balaban J connectivity index is 2.16. The Kier molecular flexibility index (Phi) is 5.38. The topological polar surface area (TPSA) is 47.6 Å². The lowest BCUT2D eigenvalue weighted by atomic mass is 10.2. The van der Waals surface area contributed by atoms with Gasteiger partial charge in [-0.15, -0.1) is 0 Å². The largest absolute Gasteiger partial charge is 0.367 e. The Bertz CT molecular complexity index is 319. The van der Waals surface area contributed by atoms with Crippen molar-refractivity contribution in [2.24, 2.45) is 0 Å². The van der Waals surface area contributed by atoms with Crippen molar-refractivity contribution in [2.45, 2.75) is 6.61 Å². The normalized spacial score (nSPS) is 10.4. The molecule has 1 aromatic carbocycles. The van der Waals surface area contributed by atoms with E-state index in [1.807, 2.05) is 0 Å². The molecule has 88 valence electrons. The maximum absolute atomic E-state index is 11.5. The molecule has 0 fully saturated rings. The number of hydrogen-bond acceptors (Lipinski definition) is 4. The van der Waals surface area contributed by atoms with E-state index in [0.717, 1.165) is 0 Å². The van der Waals surface area contributed by atoms with Crippen LogP contribution in [0.3, 0.4) is 0 Å². The van der Waals surface area contributed by atoms with E-state index in [9.17, 15) is 13.6 Å². The molecule has 0 aromatic heterocycles. The van der Waals surface area contributed by atoms with Gasteiger partial charge in [-0.05, 0) is 12.1 Å². The van der Waals surface area contributed by atoms with Gasteiger partial charge in [0.05, 0.1) is 18.7 Å². The number of hydroxylamine groups is 1. The fourth-order valence-corrected chi connectivity index (χ4v) is 0.939. The maximum Gasteiger partial charge on any atom is 0.356 e. The molecule has 0 saturated carbocycles. The molecule has 0 amide bonds. The van der Waals surface area contributed by atoms with E-state index in [2.05, 4.69) is 15.1 Å². The molecular weight excluding hydrogens is 220 g/mol. The van der Waals surface area contributed by atoms with Crippen LogP contribution in [0.5, 0.6) is 0 Å². The number of carbonyl (C=O) groups is 1. The van der Waals surface area contributed by atoms with E-state index in [1.165, 1.54) is 0 Å². The summed E-state index contributed by atoms with van der Waals surface area (Å²) in [4.78, 5) is 15.9. The third kappa shape index (κ3) is 4.81. The zero-order chi connectivity index (χ0) is 11.8. The molecule has 1 aromatic rings. The molecule has 0 unspecified atom stereocenters. The average Bonchev–Trinajstić information content (AvgIpc) is 2.29. The molecule has 0 aliphatic rings.